The van der Waals surface area contributed by atoms with Gasteiger partial charge in [-0.2, -0.15) is 0 Å². The average molecular weight is 309 g/mol. The molecule has 1 saturated carbocycles. The zero-order valence-corrected chi connectivity index (χ0v) is 13.0. The fourth-order valence-electron chi connectivity index (χ4n) is 2.68. The number of carboxylic acids is 1. The molecule has 118 valence electrons. The molecule has 0 atom stereocenters. The maximum absolute atomic E-state index is 12.3. The number of carbonyl (C=O) groups excluding carboxylic acids is 1. The summed E-state index contributed by atoms with van der Waals surface area (Å²) in [5.74, 6) is -1.02. The number of benzene rings is 2. The van der Waals surface area contributed by atoms with Crippen molar-refractivity contribution in [3.8, 4) is 11.1 Å². The summed E-state index contributed by atoms with van der Waals surface area (Å²) in [7, 11) is 1.69. The molecule has 0 saturated heterocycles. The quantitative estimate of drug-likeness (QED) is 0.918. The lowest BCUT2D eigenvalue weighted by atomic mass is 10.0. The van der Waals surface area contributed by atoms with Crippen molar-refractivity contribution in [2.75, 3.05) is 11.9 Å². The van der Waals surface area contributed by atoms with Crippen molar-refractivity contribution in [2.45, 2.75) is 19.3 Å². The van der Waals surface area contributed by atoms with Crippen LogP contribution >= 0.6 is 0 Å². The summed E-state index contributed by atoms with van der Waals surface area (Å²) in [6.07, 6.45) is 1.25. The van der Waals surface area contributed by atoms with Crippen LogP contribution < -0.4 is 4.90 Å². The fraction of sp³-hybridized carbons (Fsp3) is 0.263. The van der Waals surface area contributed by atoms with Gasteiger partial charge < -0.3 is 10.0 Å². The van der Waals surface area contributed by atoms with E-state index in [0.29, 0.717) is 12.8 Å². The molecule has 4 nitrogen and oxygen atoms in total. The second kappa shape index (κ2) is 5.88. The van der Waals surface area contributed by atoms with Crippen LogP contribution in [-0.4, -0.2) is 24.0 Å². The smallest absolute Gasteiger partial charge is 0.310 e. The van der Waals surface area contributed by atoms with Gasteiger partial charge in [0.05, 0.1) is 5.41 Å². The van der Waals surface area contributed by atoms with Crippen LogP contribution in [0.25, 0.3) is 11.1 Å². The van der Waals surface area contributed by atoms with Gasteiger partial charge in [0.15, 0.2) is 0 Å². The number of hydrogen-bond acceptors (Lipinski definition) is 2. The third kappa shape index (κ3) is 3.11. The highest BCUT2D eigenvalue weighted by Gasteiger charge is 2.51. The Balaban J connectivity index is 1.72. The number of anilines is 1. The van der Waals surface area contributed by atoms with Crippen molar-refractivity contribution in [1.29, 1.82) is 0 Å². The summed E-state index contributed by atoms with van der Waals surface area (Å²) in [4.78, 5) is 25.1. The average Bonchev–Trinajstić information content (AvgIpc) is 3.36. The van der Waals surface area contributed by atoms with Gasteiger partial charge in [0.2, 0.25) is 5.91 Å². The summed E-state index contributed by atoms with van der Waals surface area (Å²) in [6, 6.07) is 17.7. The molecular formula is C19H19NO3. The summed E-state index contributed by atoms with van der Waals surface area (Å²) in [6.45, 7) is 0. The summed E-state index contributed by atoms with van der Waals surface area (Å²) < 4.78 is 0. The molecular weight excluding hydrogens is 290 g/mol. The maximum Gasteiger partial charge on any atom is 0.310 e. The van der Waals surface area contributed by atoms with E-state index in [1.807, 2.05) is 54.6 Å². The molecule has 1 amide bonds. The zero-order chi connectivity index (χ0) is 16.4. The molecule has 2 aromatic carbocycles. The molecule has 4 heteroatoms. The number of aliphatic carboxylic acids is 1. The third-order valence-electron chi connectivity index (χ3n) is 4.53. The largest absolute Gasteiger partial charge is 0.481 e. The molecule has 0 aromatic heterocycles. The number of hydrogen-bond donors (Lipinski definition) is 1. The SMILES string of the molecule is CN(C(=O)CC1(C(=O)O)CC1)c1ccc(-c2ccccc2)cc1. The van der Waals surface area contributed by atoms with Crippen LogP contribution in [0, 0.1) is 5.41 Å². The lowest BCUT2D eigenvalue weighted by molar-refractivity contribution is -0.145. The van der Waals surface area contributed by atoms with Crippen LogP contribution in [-0.2, 0) is 9.59 Å². The summed E-state index contributed by atoms with van der Waals surface area (Å²) in [5.41, 5.74) is 2.15. The minimum atomic E-state index is -0.862. The van der Waals surface area contributed by atoms with Gasteiger partial charge in [-0.05, 0) is 36.1 Å². The molecule has 1 aliphatic rings. The number of nitrogens with zero attached hydrogens (tertiary/aromatic N) is 1. The molecule has 1 N–H and O–H groups in total. The molecule has 0 bridgehead atoms. The first-order valence-electron chi connectivity index (χ1n) is 7.67. The Labute approximate surface area is 135 Å². The van der Waals surface area contributed by atoms with Crippen molar-refractivity contribution < 1.29 is 14.7 Å². The second-order valence-electron chi connectivity index (χ2n) is 6.13. The minimum absolute atomic E-state index is 0.0687. The molecule has 0 radical (unpaired) electrons. The monoisotopic (exact) mass is 309 g/mol. The van der Waals surface area contributed by atoms with Crippen LogP contribution in [0.15, 0.2) is 54.6 Å². The van der Waals surface area contributed by atoms with Gasteiger partial charge in [-0.15, -0.1) is 0 Å². The van der Waals surface area contributed by atoms with Gasteiger partial charge in [-0.3, -0.25) is 9.59 Å². The van der Waals surface area contributed by atoms with Gasteiger partial charge in [0.1, 0.15) is 0 Å². The Morgan fingerprint density at radius 2 is 1.57 bits per heavy atom. The second-order valence-corrected chi connectivity index (χ2v) is 6.13. The molecule has 0 unspecified atom stereocenters. The van der Waals surface area contributed by atoms with Gasteiger partial charge in [0, 0.05) is 19.2 Å². The van der Waals surface area contributed by atoms with E-state index in [1.165, 1.54) is 4.90 Å². The standard InChI is InChI=1S/C19H19NO3/c1-20(17(21)13-19(11-12-19)18(22)23)16-9-7-15(8-10-16)14-5-3-2-4-6-14/h2-10H,11-13H2,1H3,(H,22,23). The third-order valence-corrected chi connectivity index (χ3v) is 4.53. The zero-order valence-electron chi connectivity index (χ0n) is 13.0. The van der Waals surface area contributed by atoms with E-state index in [4.69, 9.17) is 0 Å². The highest BCUT2D eigenvalue weighted by molar-refractivity contribution is 5.96. The molecule has 0 heterocycles. The fourth-order valence-corrected chi connectivity index (χ4v) is 2.68. The van der Waals surface area contributed by atoms with E-state index in [2.05, 4.69) is 0 Å². The first-order valence-corrected chi connectivity index (χ1v) is 7.67. The first kappa shape index (κ1) is 15.3. The molecule has 0 aliphatic heterocycles. The van der Waals surface area contributed by atoms with Crippen molar-refractivity contribution in [1.82, 2.24) is 0 Å². The Hall–Kier alpha value is -2.62. The van der Waals surface area contributed by atoms with E-state index in [9.17, 15) is 14.7 Å². The number of amides is 1. The number of carbonyl (C=O) groups is 2. The Morgan fingerprint density at radius 1 is 1.00 bits per heavy atom. The van der Waals surface area contributed by atoms with Crippen LogP contribution in [0.4, 0.5) is 5.69 Å². The van der Waals surface area contributed by atoms with Crippen LogP contribution in [0.1, 0.15) is 19.3 Å². The van der Waals surface area contributed by atoms with Crippen LogP contribution in [0.2, 0.25) is 0 Å². The van der Waals surface area contributed by atoms with Crippen LogP contribution in [0.5, 0.6) is 0 Å². The Morgan fingerprint density at radius 3 is 2.09 bits per heavy atom. The van der Waals surface area contributed by atoms with Gasteiger partial charge >= 0.3 is 5.97 Å². The lowest BCUT2D eigenvalue weighted by Gasteiger charge is -2.20. The van der Waals surface area contributed by atoms with E-state index in [-0.39, 0.29) is 12.3 Å². The lowest BCUT2D eigenvalue weighted by Crippen LogP contribution is -2.31. The van der Waals surface area contributed by atoms with E-state index < -0.39 is 11.4 Å². The predicted molar refractivity (Wildman–Crippen MR) is 89.2 cm³/mol. The summed E-state index contributed by atoms with van der Waals surface area (Å²) >= 11 is 0. The Bertz CT molecular complexity index is 718. The molecule has 1 aliphatic carbocycles. The minimum Gasteiger partial charge on any atom is -0.481 e. The number of rotatable bonds is 5. The highest BCUT2D eigenvalue weighted by Crippen LogP contribution is 2.49. The predicted octanol–water partition coefficient (Wildman–Crippen LogP) is 3.57. The van der Waals surface area contributed by atoms with E-state index in [0.717, 1.165) is 16.8 Å². The first-order chi connectivity index (χ1) is 11.0. The topological polar surface area (TPSA) is 57.6 Å². The van der Waals surface area contributed by atoms with Crippen molar-refractivity contribution in [3.05, 3.63) is 54.6 Å². The van der Waals surface area contributed by atoms with Crippen molar-refractivity contribution >= 4 is 17.6 Å². The molecule has 1 fully saturated rings. The van der Waals surface area contributed by atoms with Crippen molar-refractivity contribution in [3.63, 3.8) is 0 Å². The molecule has 0 spiro atoms. The summed E-state index contributed by atoms with van der Waals surface area (Å²) in [5, 5.41) is 9.20. The van der Waals surface area contributed by atoms with Crippen molar-refractivity contribution in [2.24, 2.45) is 5.41 Å². The Kier molecular flexibility index (Phi) is 3.90. The molecule has 3 rings (SSSR count). The molecule has 2 aromatic rings. The molecule has 23 heavy (non-hydrogen) atoms. The maximum atomic E-state index is 12.3. The van der Waals surface area contributed by atoms with Gasteiger partial charge in [-0.1, -0.05) is 42.5 Å². The van der Waals surface area contributed by atoms with Crippen LogP contribution in [0.3, 0.4) is 0 Å². The van der Waals surface area contributed by atoms with E-state index >= 15 is 0 Å². The van der Waals surface area contributed by atoms with Gasteiger partial charge in [0.25, 0.3) is 0 Å². The van der Waals surface area contributed by atoms with E-state index in [1.54, 1.807) is 7.05 Å². The highest BCUT2D eigenvalue weighted by atomic mass is 16.4. The number of carboxylic acid groups (broad SMARTS) is 1. The van der Waals surface area contributed by atoms with Gasteiger partial charge in [-0.25, -0.2) is 0 Å². The normalized spacial score (nSPS) is 15.0.